The number of esters is 1. The van der Waals surface area contributed by atoms with Crippen LogP contribution in [0.25, 0.3) is 0 Å². The number of aliphatic hydroxyl groups excluding tert-OH is 4. The summed E-state index contributed by atoms with van der Waals surface area (Å²) >= 11 is 0. The first-order valence-electron chi connectivity index (χ1n) is 13.0. The summed E-state index contributed by atoms with van der Waals surface area (Å²) in [7, 11) is 0. The third-order valence-electron chi connectivity index (χ3n) is 6.91. The Hall–Kier alpha value is -2.84. The van der Waals surface area contributed by atoms with Crippen LogP contribution < -0.4 is 0 Å². The van der Waals surface area contributed by atoms with Crippen molar-refractivity contribution in [2.45, 2.75) is 115 Å². The zero-order chi connectivity index (χ0) is 45.0. The van der Waals surface area contributed by atoms with Gasteiger partial charge in [-0.25, -0.2) is 4.79 Å². The van der Waals surface area contributed by atoms with E-state index in [-0.39, 0.29) is 0 Å². The normalized spacial score (nSPS) is 17.8. The van der Waals surface area contributed by atoms with Crippen molar-refractivity contribution >= 4 is 11.8 Å². The second-order valence-electron chi connectivity index (χ2n) is 10.8. The topological polar surface area (TPSA) is 124 Å². The molecule has 55 heavy (non-hydrogen) atoms. The SMILES string of the molecule is O=C(OCCC(F)(F)C(F)(F)C(F)(F)C(F)(F)C(F)(F)C(F)(F)F)[C@@H](O)[C@H](O)[C@H](O)[C@@H](O)C(=O)CCC(F)(F)C(F)(F)C(F)(F)C(F)(F)C(F)(F)C(F)(F)F. The van der Waals surface area contributed by atoms with E-state index in [0.717, 1.165) is 0 Å². The molecule has 0 bridgehead atoms. The van der Waals surface area contributed by atoms with Crippen molar-refractivity contribution in [3.8, 4) is 0 Å². The average molecular weight is 886 g/mol. The number of ketones is 1. The molecule has 0 aromatic rings. The van der Waals surface area contributed by atoms with Crippen molar-refractivity contribution in [2.24, 2.45) is 0 Å². The minimum absolute atomic E-state index is 2.61. The second kappa shape index (κ2) is 15.2. The minimum Gasteiger partial charge on any atom is -0.463 e. The Morgan fingerprint density at radius 3 is 0.982 bits per heavy atom. The number of carbonyl (C=O) groups is 2. The molecule has 0 radical (unpaired) electrons. The predicted molar refractivity (Wildman–Crippen MR) is 115 cm³/mol. The molecule has 0 saturated heterocycles. The van der Waals surface area contributed by atoms with E-state index < -0.39 is 134 Å². The van der Waals surface area contributed by atoms with Gasteiger partial charge in [0.1, 0.15) is 18.3 Å². The van der Waals surface area contributed by atoms with Crippen molar-refractivity contribution in [2.75, 3.05) is 6.61 Å². The lowest BCUT2D eigenvalue weighted by Gasteiger charge is -2.39. The second-order valence-corrected chi connectivity index (χ2v) is 10.8. The van der Waals surface area contributed by atoms with Gasteiger partial charge in [0, 0.05) is 12.8 Å². The van der Waals surface area contributed by atoms with E-state index in [1.54, 1.807) is 0 Å². The molecule has 33 heteroatoms. The maximum absolute atomic E-state index is 13.8. The molecule has 0 aliphatic carbocycles. The Balaban J connectivity index is 5.81. The van der Waals surface area contributed by atoms with Crippen molar-refractivity contribution < 1.29 is 149 Å². The summed E-state index contributed by atoms with van der Waals surface area (Å²) in [6, 6.07) is 0. The summed E-state index contributed by atoms with van der Waals surface area (Å²) in [5.74, 6) is -84.6. The number of halogens is 26. The van der Waals surface area contributed by atoms with Gasteiger partial charge in [0.2, 0.25) is 0 Å². The van der Waals surface area contributed by atoms with Crippen LogP contribution in [0.5, 0.6) is 0 Å². The van der Waals surface area contributed by atoms with Gasteiger partial charge in [-0.05, 0) is 0 Å². The third kappa shape index (κ3) is 8.56. The van der Waals surface area contributed by atoms with E-state index in [9.17, 15) is 144 Å². The van der Waals surface area contributed by atoms with Crippen LogP contribution in [0.2, 0.25) is 0 Å². The van der Waals surface area contributed by atoms with Gasteiger partial charge in [-0.3, -0.25) is 4.79 Å². The van der Waals surface area contributed by atoms with Gasteiger partial charge in [0.15, 0.2) is 11.9 Å². The molecule has 0 saturated carbocycles. The number of carbonyl (C=O) groups excluding carboxylic acids is 2. The summed E-state index contributed by atoms with van der Waals surface area (Å²) in [5.41, 5.74) is 0. The lowest BCUT2D eigenvalue weighted by molar-refractivity contribution is -0.440. The van der Waals surface area contributed by atoms with Crippen molar-refractivity contribution in [3.63, 3.8) is 0 Å². The fraction of sp³-hybridized carbons (Fsp3) is 0.909. The molecule has 0 fully saturated rings. The Labute approximate surface area is 283 Å². The molecule has 0 amide bonds. The number of hydrogen-bond acceptors (Lipinski definition) is 7. The highest BCUT2D eigenvalue weighted by Gasteiger charge is 2.92. The van der Waals surface area contributed by atoms with Gasteiger partial charge in [-0.15, -0.1) is 0 Å². The molecule has 0 unspecified atom stereocenters. The Bertz CT molecular complexity index is 1360. The minimum atomic E-state index is -8.36. The molecule has 0 rings (SSSR count). The van der Waals surface area contributed by atoms with Crippen LogP contribution in [0.4, 0.5) is 114 Å². The van der Waals surface area contributed by atoms with Crippen molar-refractivity contribution in [3.05, 3.63) is 0 Å². The van der Waals surface area contributed by atoms with Crippen LogP contribution >= 0.6 is 0 Å². The molecule has 0 aromatic heterocycles. The summed E-state index contributed by atoms with van der Waals surface area (Å²) < 4.78 is 344. The summed E-state index contributed by atoms with van der Waals surface area (Å²) in [4.78, 5) is 23.4. The van der Waals surface area contributed by atoms with Gasteiger partial charge >= 0.3 is 77.5 Å². The maximum Gasteiger partial charge on any atom is 0.460 e. The fourth-order valence-corrected chi connectivity index (χ4v) is 3.41. The molecule has 0 aromatic carbocycles. The van der Waals surface area contributed by atoms with Crippen LogP contribution in [0, 0.1) is 0 Å². The van der Waals surface area contributed by atoms with E-state index in [4.69, 9.17) is 0 Å². The van der Waals surface area contributed by atoms with Crippen molar-refractivity contribution in [1.29, 1.82) is 0 Å². The molecule has 0 aliphatic heterocycles. The molecule has 328 valence electrons. The number of hydrogen-bond donors (Lipinski definition) is 4. The molecule has 0 aliphatic rings. The number of alkyl halides is 26. The molecular weight excluding hydrogens is 870 g/mol. The molecule has 4 atom stereocenters. The Morgan fingerprint density at radius 1 is 0.400 bits per heavy atom. The number of ether oxygens (including phenoxy) is 1. The first-order valence-corrected chi connectivity index (χ1v) is 13.0. The maximum atomic E-state index is 13.8. The fourth-order valence-electron chi connectivity index (χ4n) is 3.41. The molecule has 0 spiro atoms. The standard InChI is InChI=1S/C22H16F26O7/c23-11(24,13(27,28)15(31,32)17(35,36)19(39,40)21(43,44)45)2-1-5(49)6(50)7(51)8(52)9(53)10(54)55-4-3-12(25,26)14(29,30)16(33,34)18(37,38)20(41,42)22(46,47)48/h6-9,50-53H,1-4H2/t6-,7+,8+,9-/m0/s1. The smallest absolute Gasteiger partial charge is 0.460 e. The van der Waals surface area contributed by atoms with Crippen LogP contribution in [-0.2, 0) is 14.3 Å². The predicted octanol–water partition coefficient (Wildman–Crippen LogP) is 6.19. The van der Waals surface area contributed by atoms with Gasteiger partial charge in [-0.1, -0.05) is 0 Å². The highest BCUT2D eigenvalue weighted by atomic mass is 19.4. The van der Waals surface area contributed by atoms with Crippen LogP contribution in [0.1, 0.15) is 19.3 Å². The van der Waals surface area contributed by atoms with Crippen LogP contribution in [0.3, 0.4) is 0 Å². The molecule has 7 nitrogen and oxygen atoms in total. The summed E-state index contributed by atoms with van der Waals surface area (Å²) in [5, 5.41) is 38.1. The Kier molecular flexibility index (Phi) is 14.4. The van der Waals surface area contributed by atoms with E-state index >= 15 is 0 Å². The highest BCUT2D eigenvalue weighted by molar-refractivity contribution is 5.84. The third-order valence-corrected chi connectivity index (χ3v) is 6.91. The lowest BCUT2D eigenvalue weighted by atomic mass is 9.90. The average Bonchev–Trinajstić information content (AvgIpc) is 2.99. The van der Waals surface area contributed by atoms with Crippen LogP contribution in [0.15, 0.2) is 0 Å². The molecule has 0 heterocycles. The highest BCUT2D eigenvalue weighted by Crippen LogP contribution is 2.62. The summed E-state index contributed by atoms with van der Waals surface area (Å²) in [6.07, 6.45) is -39.3. The zero-order valence-corrected chi connectivity index (χ0v) is 25.0. The van der Waals surface area contributed by atoms with Gasteiger partial charge in [0.05, 0.1) is 13.0 Å². The Morgan fingerprint density at radius 2 is 0.673 bits per heavy atom. The van der Waals surface area contributed by atoms with Gasteiger partial charge < -0.3 is 25.2 Å². The van der Waals surface area contributed by atoms with E-state index in [1.807, 2.05) is 0 Å². The number of rotatable bonds is 19. The summed E-state index contributed by atoms with van der Waals surface area (Å²) in [6.45, 7) is -2.61. The van der Waals surface area contributed by atoms with E-state index in [1.165, 1.54) is 0 Å². The zero-order valence-electron chi connectivity index (χ0n) is 25.0. The van der Waals surface area contributed by atoms with E-state index in [2.05, 4.69) is 4.74 Å². The number of aliphatic hydroxyl groups is 4. The lowest BCUT2D eigenvalue weighted by Crippen LogP contribution is -2.70. The number of Topliss-reactive ketones (excluding diaryl/α,β-unsaturated/α-hetero) is 1. The van der Waals surface area contributed by atoms with Gasteiger partial charge in [0.25, 0.3) is 0 Å². The first kappa shape index (κ1) is 52.2. The van der Waals surface area contributed by atoms with E-state index in [0.29, 0.717) is 0 Å². The van der Waals surface area contributed by atoms with Gasteiger partial charge in [-0.2, -0.15) is 114 Å². The first-order chi connectivity index (χ1) is 23.7. The quantitative estimate of drug-likeness (QED) is 0.0902. The largest absolute Gasteiger partial charge is 0.463 e. The monoisotopic (exact) mass is 886 g/mol. The van der Waals surface area contributed by atoms with Crippen molar-refractivity contribution in [1.82, 2.24) is 0 Å². The molecule has 4 N–H and O–H groups in total. The molecular formula is C22H16F26O7. The van der Waals surface area contributed by atoms with Crippen LogP contribution in [-0.4, -0.2) is 135 Å².